The Morgan fingerprint density at radius 3 is 2.91 bits per heavy atom. The van der Waals surface area contributed by atoms with Gasteiger partial charge in [0.25, 0.3) is 5.91 Å². The lowest BCUT2D eigenvalue weighted by Gasteiger charge is -2.26. The number of rotatable bonds is 4. The third-order valence-electron chi connectivity index (χ3n) is 4.10. The van der Waals surface area contributed by atoms with Crippen molar-refractivity contribution in [3.05, 3.63) is 10.6 Å². The topological polar surface area (TPSA) is 88.6 Å². The Labute approximate surface area is 140 Å². The Balaban J connectivity index is 1.70. The van der Waals surface area contributed by atoms with Crippen LogP contribution in [0, 0.1) is 0 Å². The van der Waals surface area contributed by atoms with Gasteiger partial charge < -0.3 is 4.74 Å². The van der Waals surface area contributed by atoms with E-state index < -0.39 is 21.4 Å². The highest BCUT2D eigenvalue weighted by atomic mass is 32.2. The molecule has 2 aliphatic heterocycles. The van der Waals surface area contributed by atoms with E-state index in [1.165, 1.54) is 15.6 Å². The summed E-state index contributed by atoms with van der Waals surface area (Å²) in [5.74, 6) is -0.166. The first-order chi connectivity index (χ1) is 10.9. The quantitative estimate of drug-likeness (QED) is 0.877. The molecule has 0 aliphatic carbocycles. The Bertz CT molecular complexity index is 693. The molecular weight excluding hydrogens is 338 g/mol. The molecule has 7 nitrogen and oxygen atoms in total. The van der Waals surface area contributed by atoms with Crippen molar-refractivity contribution in [1.29, 1.82) is 0 Å². The minimum atomic E-state index is -3.26. The largest absolute Gasteiger partial charge is 0.368 e. The molecule has 0 radical (unpaired) electrons. The number of hydrogen-bond acceptors (Lipinski definition) is 6. The number of carbonyl (C=O) groups is 1. The number of nitrogens with zero attached hydrogens (tertiary/aromatic N) is 2. The number of amides is 1. The Kier molecular flexibility index (Phi) is 4.73. The molecule has 1 fully saturated rings. The zero-order chi connectivity index (χ0) is 16.6. The van der Waals surface area contributed by atoms with Gasteiger partial charge in [-0.1, -0.05) is 0 Å². The van der Waals surface area contributed by atoms with Gasteiger partial charge in [0, 0.05) is 31.0 Å². The molecule has 0 spiro atoms. The van der Waals surface area contributed by atoms with Gasteiger partial charge in [-0.05, 0) is 26.7 Å². The average molecular weight is 359 g/mol. The summed E-state index contributed by atoms with van der Waals surface area (Å²) < 4.78 is 31.4. The summed E-state index contributed by atoms with van der Waals surface area (Å²) in [5, 5.41) is 2.89. The minimum Gasteiger partial charge on any atom is -0.368 e. The van der Waals surface area contributed by atoms with Crippen LogP contribution in [-0.4, -0.2) is 48.1 Å². The first-order valence-electron chi connectivity index (χ1n) is 7.78. The molecule has 9 heteroatoms. The van der Waals surface area contributed by atoms with Crippen molar-refractivity contribution in [2.75, 3.05) is 18.5 Å². The van der Waals surface area contributed by atoms with Gasteiger partial charge in [0.1, 0.15) is 6.10 Å². The molecule has 23 heavy (non-hydrogen) atoms. The van der Waals surface area contributed by atoms with Crippen molar-refractivity contribution in [2.45, 2.75) is 51.0 Å². The summed E-state index contributed by atoms with van der Waals surface area (Å²) in [6, 6.07) is 0. The molecule has 3 heterocycles. The van der Waals surface area contributed by atoms with E-state index in [1.807, 2.05) is 0 Å². The molecular formula is C14H21N3O4S2. The highest BCUT2D eigenvalue weighted by molar-refractivity contribution is 7.89. The van der Waals surface area contributed by atoms with Crippen molar-refractivity contribution in [1.82, 2.24) is 9.29 Å². The van der Waals surface area contributed by atoms with Crippen LogP contribution < -0.4 is 5.32 Å². The molecule has 0 bridgehead atoms. The maximum absolute atomic E-state index is 12.3. The van der Waals surface area contributed by atoms with Gasteiger partial charge in [-0.2, -0.15) is 4.31 Å². The predicted molar refractivity (Wildman–Crippen MR) is 87.9 cm³/mol. The third-order valence-corrected chi connectivity index (χ3v) is 7.32. The van der Waals surface area contributed by atoms with Gasteiger partial charge in [0.05, 0.1) is 10.9 Å². The van der Waals surface area contributed by atoms with E-state index in [1.54, 1.807) is 13.8 Å². The normalized spacial score (nSPS) is 22.3. The van der Waals surface area contributed by atoms with Gasteiger partial charge >= 0.3 is 0 Å². The number of ether oxygens (including phenoxy) is 1. The first kappa shape index (κ1) is 16.8. The second kappa shape index (κ2) is 6.46. The van der Waals surface area contributed by atoms with E-state index in [0.717, 1.165) is 23.4 Å². The van der Waals surface area contributed by atoms with Gasteiger partial charge in [-0.3, -0.25) is 10.1 Å². The fourth-order valence-electron chi connectivity index (χ4n) is 2.71. The lowest BCUT2D eigenvalue weighted by molar-refractivity contribution is -0.124. The molecule has 128 valence electrons. The van der Waals surface area contributed by atoms with Gasteiger partial charge in [-0.25, -0.2) is 13.4 Å². The summed E-state index contributed by atoms with van der Waals surface area (Å²) in [7, 11) is -3.26. The van der Waals surface area contributed by atoms with Crippen LogP contribution in [0.15, 0.2) is 0 Å². The van der Waals surface area contributed by atoms with E-state index >= 15 is 0 Å². The van der Waals surface area contributed by atoms with E-state index in [9.17, 15) is 13.2 Å². The second-order valence-electron chi connectivity index (χ2n) is 6.06. The van der Waals surface area contributed by atoms with Crippen molar-refractivity contribution < 1.29 is 17.9 Å². The third kappa shape index (κ3) is 3.42. The number of nitrogens with one attached hydrogen (secondary N) is 1. The number of hydrogen-bond donors (Lipinski definition) is 1. The molecule has 1 saturated heterocycles. The highest BCUT2D eigenvalue weighted by Gasteiger charge is 2.31. The number of thiazole rings is 1. The standard InChI is InChI=1S/C14H21N3O4S2/c1-9(2)23(19,20)17-6-5-10-12(8-17)22-14(15-10)16-13(18)11-4-3-7-21-11/h9,11H,3-8H2,1-2H3,(H,15,16,18). The van der Waals surface area contributed by atoms with E-state index in [2.05, 4.69) is 10.3 Å². The molecule has 0 saturated carbocycles. The zero-order valence-corrected chi connectivity index (χ0v) is 14.9. The molecule has 1 amide bonds. The van der Waals surface area contributed by atoms with Gasteiger partial charge in [0.15, 0.2) is 5.13 Å². The predicted octanol–water partition coefficient (Wildman–Crippen LogP) is 1.36. The molecule has 1 unspecified atom stereocenters. The molecule has 0 aromatic carbocycles. The van der Waals surface area contributed by atoms with Crippen molar-refractivity contribution in [3.63, 3.8) is 0 Å². The van der Waals surface area contributed by atoms with Crippen LogP contribution in [0.3, 0.4) is 0 Å². The van der Waals surface area contributed by atoms with E-state index in [4.69, 9.17) is 4.74 Å². The number of fused-ring (bicyclic) bond motifs is 1. The zero-order valence-electron chi connectivity index (χ0n) is 13.2. The van der Waals surface area contributed by atoms with Crippen LogP contribution in [0.5, 0.6) is 0 Å². The van der Waals surface area contributed by atoms with Crippen molar-refractivity contribution in [3.8, 4) is 0 Å². The SMILES string of the molecule is CC(C)S(=O)(=O)N1CCc2nc(NC(=O)C3CCCO3)sc2C1. The molecule has 1 aromatic rings. The summed E-state index contributed by atoms with van der Waals surface area (Å²) in [6.45, 7) is 4.77. The molecule has 2 aliphatic rings. The average Bonchev–Trinajstić information content (AvgIpc) is 3.15. The molecule has 1 aromatic heterocycles. The molecule has 1 atom stereocenters. The fraction of sp³-hybridized carbons (Fsp3) is 0.714. The number of anilines is 1. The van der Waals surface area contributed by atoms with Crippen LogP contribution in [0.4, 0.5) is 5.13 Å². The number of carbonyl (C=O) groups excluding carboxylic acids is 1. The van der Waals surface area contributed by atoms with Crippen LogP contribution in [0.25, 0.3) is 0 Å². The van der Waals surface area contributed by atoms with Gasteiger partial charge in [-0.15, -0.1) is 11.3 Å². The summed E-state index contributed by atoms with van der Waals surface area (Å²) in [4.78, 5) is 17.4. The number of sulfonamides is 1. The van der Waals surface area contributed by atoms with Crippen LogP contribution in [0.1, 0.15) is 37.3 Å². The first-order valence-corrected chi connectivity index (χ1v) is 10.1. The number of aromatic nitrogens is 1. The minimum absolute atomic E-state index is 0.166. The highest BCUT2D eigenvalue weighted by Crippen LogP contribution is 2.30. The fourth-order valence-corrected chi connectivity index (χ4v) is 5.07. The maximum atomic E-state index is 12.3. The Morgan fingerprint density at radius 1 is 1.48 bits per heavy atom. The monoisotopic (exact) mass is 359 g/mol. The van der Waals surface area contributed by atoms with Crippen LogP contribution in [0.2, 0.25) is 0 Å². The molecule has 1 N–H and O–H groups in total. The Hall–Kier alpha value is -1.03. The Morgan fingerprint density at radius 2 is 2.26 bits per heavy atom. The van der Waals surface area contributed by atoms with E-state index in [0.29, 0.717) is 31.2 Å². The summed E-state index contributed by atoms with van der Waals surface area (Å²) in [5.41, 5.74) is 0.882. The lowest BCUT2D eigenvalue weighted by atomic mass is 10.2. The lowest BCUT2D eigenvalue weighted by Crippen LogP contribution is -2.39. The summed E-state index contributed by atoms with van der Waals surface area (Å²) >= 11 is 1.35. The maximum Gasteiger partial charge on any atom is 0.255 e. The second-order valence-corrected chi connectivity index (χ2v) is 9.63. The van der Waals surface area contributed by atoms with Crippen molar-refractivity contribution in [2.24, 2.45) is 0 Å². The summed E-state index contributed by atoms with van der Waals surface area (Å²) in [6.07, 6.45) is 1.81. The van der Waals surface area contributed by atoms with Gasteiger partial charge in [0.2, 0.25) is 10.0 Å². The van der Waals surface area contributed by atoms with Crippen molar-refractivity contribution >= 4 is 32.4 Å². The van der Waals surface area contributed by atoms with E-state index in [-0.39, 0.29) is 5.91 Å². The van der Waals surface area contributed by atoms with Crippen LogP contribution >= 0.6 is 11.3 Å². The van der Waals surface area contributed by atoms with Crippen LogP contribution in [-0.2, 0) is 32.5 Å². The molecule has 3 rings (SSSR count). The smallest absolute Gasteiger partial charge is 0.255 e.